The zero-order valence-corrected chi connectivity index (χ0v) is 13.8. The number of hydrogen-bond acceptors (Lipinski definition) is 3. The molecule has 3 aromatic rings. The number of nitrogens with zero attached hydrogens (tertiary/aromatic N) is 2. The molecule has 1 N–H and O–H groups in total. The van der Waals surface area contributed by atoms with Crippen molar-refractivity contribution in [1.29, 1.82) is 0 Å². The van der Waals surface area contributed by atoms with E-state index < -0.39 is 0 Å². The van der Waals surface area contributed by atoms with Gasteiger partial charge in [-0.05, 0) is 17.7 Å². The molecule has 0 aliphatic rings. The Morgan fingerprint density at radius 2 is 2.04 bits per heavy atom. The molecule has 0 unspecified atom stereocenters. The smallest absolute Gasteiger partial charge is 0.276 e. The van der Waals surface area contributed by atoms with E-state index in [0.29, 0.717) is 21.3 Å². The zero-order valence-electron chi connectivity index (χ0n) is 12.3. The van der Waals surface area contributed by atoms with Gasteiger partial charge in [0.1, 0.15) is 5.69 Å². The normalized spacial score (nSPS) is 11.1. The molecule has 23 heavy (non-hydrogen) atoms. The average Bonchev–Trinajstić information content (AvgIpc) is 3.01. The van der Waals surface area contributed by atoms with Crippen LogP contribution >= 0.6 is 23.2 Å². The highest BCUT2D eigenvalue weighted by molar-refractivity contribution is 6.42. The van der Waals surface area contributed by atoms with E-state index in [2.05, 4.69) is 10.1 Å². The second kappa shape index (κ2) is 6.18. The molecule has 0 bridgehead atoms. The minimum atomic E-state index is -0.289. The number of carbonyl (C=O) groups is 1. The lowest BCUT2D eigenvalue weighted by Crippen LogP contribution is -2.25. The lowest BCUT2D eigenvalue weighted by atomic mass is 10.0. The number of aromatic nitrogens is 3. The molecule has 118 valence electrons. The quantitative estimate of drug-likeness (QED) is 0.732. The Morgan fingerprint density at radius 1 is 1.26 bits per heavy atom. The van der Waals surface area contributed by atoms with Gasteiger partial charge in [0.25, 0.3) is 5.56 Å². The van der Waals surface area contributed by atoms with Gasteiger partial charge in [0, 0.05) is 25.1 Å². The Labute approximate surface area is 141 Å². The summed E-state index contributed by atoms with van der Waals surface area (Å²) in [6.45, 7) is 1.74. The van der Waals surface area contributed by atoms with Crippen LogP contribution in [0.1, 0.15) is 35.0 Å². The van der Waals surface area contributed by atoms with Crippen molar-refractivity contribution in [2.24, 2.45) is 0 Å². The van der Waals surface area contributed by atoms with Crippen molar-refractivity contribution in [3.8, 4) is 0 Å². The molecule has 0 radical (unpaired) electrons. The number of H-pyrrole nitrogens is 1. The van der Waals surface area contributed by atoms with Crippen LogP contribution in [0, 0.1) is 0 Å². The molecule has 0 fully saturated rings. The molecule has 0 spiro atoms. The van der Waals surface area contributed by atoms with Crippen molar-refractivity contribution in [3.63, 3.8) is 0 Å². The second-order valence-corrected chi connectivity index (χ2v) is 5.92. The van der Waals surface area contributed by atoms with Gasteiger partial charge in [-0.2, -0.15) is 0 Å². The number of aromatic amines is 1. The number of carbonyl (C=O) groups excluding carboxylic acids is 1. The molecule has 0 saturated carbocycles. The number of rotatable bonds is 4. The zero-order chi connectivity index (χ0) is 16.6. The highest BCUT2D eigenvalue weighted by Gasteiger charge is 2.19. The highest BCUT2D eigenvalue weighted by Crippen LogP contribution is 2.24. The van der Waals surface area contributed by atoms with Gasteiger partial charge >= 0.3 is 0 Å². The van der Waals surface area contributed by atoms with Crippen LogP contribution in [0.15, 0.2) is 35.3 Å². The fraction of sp³-hybridized carbons (Fsp3) is 0.188. The Morgan fingerprint density at radius 3 is 2.74 bits per heavy atom. The van der Waals surface area contributed by atoms with Crippen LogP contribution in [0.2, 0.25) is 10.0 Å². The van der Waals surface area contributed by atoms with E-state index in [1.165, 1.54) is 4.52 Å². The first-order valence-electron chi connectivity index (χ1n) is 7.07. The fourth-order valence-electron chi connectivity index (χ4n) is 2.41. The molecule has 2 aromatic heterocycles. The predicted octanol–water partition coefficient (Wildman–Crippen LogP) is 3.51. The number of nitrogens with one attached hydrogen (secondary N) is 1. The van der Waals surface area contributed by atoms with Crippen LogP contribution in [0.4, 0.5) is 0 Å². The minimum Gasteiger partial charge on any atom is -0.297 e. The van der Waals surface area contributed by atoms with Gasteiger partial charge in [-0.3, -0.25) is 14.7 Å². The predicted molar refractivity (Wildman–Crippen MR) is 89.7 cm³/mol. The number of Topliss-reactive ketones (excluding diaryl/α,β-unsaturated/α-hetero) is 1. The number of ketones is 1. The van der Waals surface area contributed by atoms with Crippen molar-refractivity contribution >= 4 is 34.6 Å². The fourth-order valence-corrected chi connectivity index (χ4v) is 2.73. The van der Waals surface area contributed by atoms with Crippen LogP contribution in [-0.4, -0.2) is 20.4 Å². The maximum absolute atomic E-state index is 12.7. The van der Waals surface area contributed by atoms with Gasteiger partial charge in [-0.25, -0.2) is 9.50 Å². The summed E-state index contributed by atoms with van der Waals surface area (Å²) in [5.41, 5.74) is 1.47. The third-order valence-electron chi connectivity index (χ3n) is 3.59. The van der Waals surface area contributed by atoms with Gasteiger partial charge in [0.2, 0.25) is 0 Å². The van der Waals surface area contributed by atoms with Crippen molar-refractivity contribution in [2.45, 2.75) is 19.8 Å². The standard InChI is InChI=1S/C16H13Cl2N3O2/c1-2-13(22)15-10(7-9-3-4-11(17)12(18)8-9)16(23)21-14(20-15)5-6-19-21/h3-6,8,19H,2,7H2,1H3. The van der Waals surface area contributed by atoms with E-state index in [4.69, 9.17) is 23.2 Å². The summed E-state index contributed by atoms with van der Waals surface area (Å²) in [5.74, 6) is -0.166. The summed E-state index contributed by atoms with van der Waals surface area (Å²) in [6, 6.07) is 6.78. The lowest BCUT2D eigenvalue weighted by Gasteiger charge is -2.08. The SMILES string of the molecule is CCC(=O)c1nc2cc[nH]n2c(=O)c1Cc1ccc(Cl)c(Cl)c1. The van der Waals surface area contributed by atoms with Crippen LogP contribution in [0.25, 0.3) is 5.65 Å². The maximum Gasteiger partial charge on any atom is 0.276 e. The van der Waals surface area contributed by atoms with E-state index in [0.717, 1.165) is 5.56 Å². The van der Waals surface area contributed by atoms with Crippen LogP contribution < -0.4 is 5.56 Å². The van der Waals surface area contributed by atoms with Crippen LogP contribution in [0.3, 0.4) is 0 Å². The lowest BCUT2D eigenvalue weighted by molar-refractivity contribution is 0.0982. The van der Waals surface area contributed by atoms with Crippen LogP contribution in [0.5, 0.6) is 0 Å². The molecular weight excluding hydrogens is 337 g/mol. The third-order valence-corrected chi connectivity index (χ3v) is 4.33. The average molecular weight is 350 g/mol. The molecule has 2 heterocycles. The number of benzene rings is 1. The first-order valence-corrected chi connectivity index (χ1v) is 7.83. The summed E-state index contributed by atoms with van der Waals surface area (Å²) < 4.78 is 1.32. The van der Waals surface area contributed by atoms with Crippen molar-refractivity contribution in [2.75, 3.05) is 0 Å². The largest absolute Gasteiger partial charge is 0.297 e. The number of halogens is 2. The molecule has 0 atom stereocenters. The first kappa shape index (κ1) is 15.8. The summed E-state index contributed by atoms with van der Waals surface area (Å²) in [5, 5.41) is 3.65. The molecule has 3 rings (SSSR count). The summed E-state index contributed by atoms with van der Waals surface area (Å²) in [7, 11) is 0. The Bertz CT molecular complexity index is 960. The molecular formula is C16H13Cl2N3O2. The van der Waals surface area contributed by atoms with E-state index >= 15 is 0 Å². The van der Waals surface area contributed by atoms with Crippen molar-refractivity contribution in [1.82, 2.24) is 14.6 Å². The van der Waals surface area contributed by atoms with Gasteiger partial charge in [-0.15, -0.1) is 0 Å². The summed E-state index contributed by atoms with van der Waals surface area (Å²) >= 11 is 11.9. The third kappa shape index (κ3) is 2.90. The second-order valence-electron chi connectivity index (χ2n) is 5.10. The maximum atomic E-state index is 12.7. The van der Waals surface area contributed by atoms with Gasteiger partial charge in [0.05, 0.1) is 15.6 Å². The Hall–Kier alpha value is -2.11. The molecule has 0 aliphatic heterocycles. The number of hydrogen-bond donors (Lipinski definition) is 1. The summed E-state index contributed by atoms with van der Waals surface area (Å²) in [6.07, 6.45) is 2.14. The summed E-state index contributed by atoms with van der Waals surface area (Å²) in [4.78, 5) is 29.2. The number of fused-ring (bicyclic) bond motifs is 1. The van der Waals surface area contributed by atoms with Gasteiger partial charge in [-0.1, -0.05) is 36.2 Å². The molecule has 5 nitrogen and oxygen atoms in total. The van der Waals surface area contributed by atoms with E-state index in [1.807, 2.05) is 0 Å². The van der Waals surface area contributed by atoms with Gasteiger partial charge in [0.15, 0.2) is 11.4 Å². The Kier molecular flexibility index (Phi) is 4.24. The van der Waals surface area contributed by atoms with E-state index in [1.54, 1.807) is 37.4 Å². The minimum absolute atomic E-state index is 0.166. The van der Waals surface area contributed by atoms with Crippen LogP contribution in [-0.2, 0) is 6.42 Å². The van der Waals surface area contributed by atoms with E-state index in [-0.39, 0.29) is 29.9 Å². The molecule has 7 heteroatoms. The highest BCUT2D eigenvalue weighted by atomic mass is 35.5. The topological polar surface area (TPSA) is 67.2 Å². The van der Waals surface area contributed by atoms with Crippen molar-refractivity contribution < 1.29 is 4.79 Å². The van der Waals surface area contributed by atoms with Crippen molar-refractivity contribution in [3.05, 3.63) is 67.7 Å². The van der Waals surface area contributed by atoms with Gasteiger partial charge < -0.3 is 0 Å². The Balaban J connectivity index is 2.17. The molecule has 0 saturated heterocycles. The molecule has 0 aliphatic carbocycles. The first-order chi connectivity index (χ1) is 11.0. The molecule has 0 amide bonds. The molecule has 1 aromatic carbocycles. The monoisotopic (exact) mass is 349 g/mol. The van der Waals surface area contributed by atoms with E-state index in [9.17, 15) is 9.59 Å².